The van der Waals surface area contributed by atoms with E-state index in [0.29, 0.717) is 11.7 Å². The Morgan fingerprint density at radius 1 is 1.42 bits per heavy atom. The van der Waals surface area contributed by atoms with Crippen LogP contribution in [0.4, 0.5) is 5.82 Å². The predicted molar refractivity (Wildman–Crippen MR) is 84.2 cm³/mol. The molecule has 5 heteroatoms. The number of anilines is 1. The van der Waals surface area contributed by atoms with Gasteiger partial charge in [-0.05, 0) is 37.2 Å². The Morgan fingerprint density at radius 3 is 3.05 bits per heavy atom. The molecule has 0 aromatic carbocycles. The summed E-state index contributed by atoms with van der Waals surface area (Å²) in [5.41, 5.74) is 7.63. The number of aromatic nitrogens is 2. The second kappa shape index (κ2) is 5.29. The van der Waals surface area contributed by atoms with E-state index < -0.39 is 0 Å². The standard InChI is InChI=1S/C14H19N3S2/c1-3-7-18-14-16-12(15)11-10-8(2)5-4-6-9(10)19-13(11)17-14/h8H,3-7H2,1-2H3,(H2,15,16,17)/t8-/m0/s1. The lowest BCUT2D eigenvalue weighted by Gasteiger charge is -2.18. The van der Waals surface area contributed by atoms with E-state index in [2.05, 4.69) is 18.8 Å². The first kappa shape index (κ1) is 13.2. The quantitative estimate of drug-likeness (QED) is 0.680. The Morgan fingerprint density at radius 2 is 2.26 bits per heavy atom. The van der Waals surface area contributed by atoms with Crippen molar-refractivity contribution in [1.29, 1.82) is 0 Å². The maximum atomic E-state index is 6.20. The van der Waals surface area contributed by atoms with Crippen LogP contribution < -0.4 is 5.73 Å². The van der Waals surface area contributed by atoms with Gasteiger partial charge in [0.25, 0.3) is 0 Å². The molecule has 3 rings (SSSR count). The summed E-state index contributed by atoms with van der Waals surface area (Å²) >= 11 is 3.52. The zero-order chi connectivity index (χ0) is 13.4. The van der Waals surface area contributed by atoms with Crippen LogP contribution in [0.2, 0.25) is 0 Å². The van der Waals surface area contributed by atoms with Gasteiger partial charge in [0, 0.05) is 10.6 Å². The van der Waals surface area contributed by atoms with E-state index >= 15 is 0 Å². The van der Waals surface area contributed by atoms with Gasteiger partial charge in [-0.15, -0.1) is 11.3 Å². The predicted octanol–water partition coefficient (Wildman–Crippen LogP) is 4.22. The maximum absolute atomic E-state index is 6.20. The number of hydrogen-bond donors (Lipinski definition) is 1. The number of nitrogens with two attached hydrogens (primary N) is 1. The normalized spacial score (nSPS) is 18.7. The third-order valence-corrected chi connectivity index (χ3v) is 5.85. The molecule has 0 amide bonds. The van der Waals surface area contributed by atoms with Crippen molar-refractivity contribution in [2.75, 3.05) is 11.5 Å². The second-order valence-electron chi connectivity index (χ2n) is 5.15. The van der Waals surface area contributed by atoms with E-state index in [0.717, 1.165) is 27.5 Å². The third-order valence-electron chi connectivity index (χ3n) is 3.64. The van der Waals surface area contributed by atoms with Crippen molar-refractivity contribution >= 4 is 39.1 Å². The molecule has 0 bridgehead atoms. The van der Waals surface area contributed by atoms with Crippen molar-refractivity contribution in [2.24, 2.45) is 0 Å². The van der Waals surface area contributed by atoms with E-state index in [1.807, 2.05) is 11.3 Å². The minimum atomic E-state index is 0.595. The summed E-state index contributed by atoms with van der Waals surface area (Å²) in [6, 6.07) is 0. The van der Waals surface area contributed by atoms with E-state index in [1.54, 1.807) is 11.8 Å². The van der Waals surface area contributed by atoms with Crippen LogP contribution in [0.5, 0.6) is 0 Å². The monoisotopic (exact) mass is 293 g/mol. The Kier molecular flexibility index (Phi) is 3.67. The van der Waals surface area contributed by atoms with Crippen LogP contribution in [0.3, 0.4) is 0 Å². The van der Waals surface area contributed by atoms with Gasteiger partial charge in [-0.25, -0.2) is 9.97 Å². The van der Waals surface area contributed by atoms with Crippen LogP contribution in [-0.4, -0.2) is 15.7 Å². The van der Waals surface area contributed by atoms with Crippen LogP contribution >= 0.6 is 23.1 Å². The summed E-state index contributed by atoms with van der Waals surface area (Å²) in [6.07, 6.45) is 4.85. The Labute approximate surface area is 122 Å². The average molecular weight is 293 g/mol. The molecule has 1 aliphatic carbocycles. The van der Waals surface area contributed by atoms with Gasteiger partial charge >= 0.3 is 0 Å². The summed E-state index contributed by atoms with van der Waals surface area (Å²) in [5, 5.41) is 1.96. The number of rotatable bonds is 3. The molecule has 2 aromatic heterocycles. The van der Waals surface area contributed by atoms with Gasteiger partial charge in [0.05, 0.1) is 5.39 Å². The molecule has 102 valence electrons. The van der Waals surface area contributed by atoms with E-state index in [-0.39, 0.29) is 0 Å². The van der Waals surface area contributed by atoms with E-state index in [1.165, 1.54) is 29.7 Å². The molecule has 0 saturated heterocycles. The van der Waals surface area contributed by atoms with E-state index in [9.17, 15) is 0 Å². The first-order valence-electron chi connectivity index (χ1n) is 6.92. The molecule has 3 nitrogen and oxygen atoms in total. The molecule has 0 radical (unpaired) electrons. The number of nitrogen functional groups attached to an aromatic ring is 1. The number of hydrogen-bond acceptors (Lipinski definition) is 5. The lowest BCUT2D eigenvalue weighted by atomic mass is 9.87. The second-order valence-corrected chi connectivity index (χ2v) is 7.30. The van der Waals surface area contributed by atoms with Crippen molar-refractivity contribution in [3.63, 3.8) is 0 Å². The van der Waals surface area contributed by atoms with Gasteiger partial charge in [0.1, 0.15) is 10.6 Å². The molecule has 0 saturated carbocycles. The van der Waals surface area contributed by atoms with Crippen molar-refractivity contribution in [3.8, 4) is 0 Å². The molecule has 0 unspecified atom stereocenters. The summed E-state index contributed by atoms with van der Waals surface area (Å²) in [4.78, 5) is 11.8. The summed E-state index contributed by atoms with van der Waals surface area (Å²) in [5.74, 6) is 2.32. The van der Waals surface area contributed by atoms with Crippen LogP contribution in [0.25, 0.3) is 10.2 Å². The van der Waals surface area contributed by atoms with Crippen molar-refractivity contribution < 1.29 is 0 Å². The number of aryl methyl sites for hydroxylation is 1. The number of thiophene rings is 1. The lowest BCUT2D eigenvalue weighted by Crippen LogP contribution is -2.05. The molecule has 19 heavy (non-hydrogen) atoms. The van der Waals surface area contributed by atoms with Crippen molar-refractivity contribution in [2.45, 2.75) is 50.6 Å². The van der Waals surface area contributed by atoms with E-state index in [4.69, 9.17) is 10.7 Å². The molecule has 0 aliphatic heterocycles. The van der Waals surface area contributed by atoms with Gasteiger partial charge < -0.3 is 5.73 Å². The smallest absolute Gasteiger partial charge is 0.190 e. The fraction of sp³-hybridized carbons (Fsp3) is 0.571. The Balaban J connectivity index is 2.11. The van der Waals surface area contributed by atoms with Crippen LogP contribution in [0.1, 0.15) is 49.5 Å². The van der Waals surface area contributed by atoms with Crippen molar-refractivity contribution in [3.05, 3.63) is 10.4 Å². The molecule has 2 heterocycles. The first-order valence-corrected chi connectivity index (χ1v) is 8.72. The topological polar surface area (TPSA) is 51.8 Å². The van der Waals surface area contributed by atoms with Crippen LogP contribution in [0, 0.1) is 0 Å². The zero-order valence-electron chi connectivity index (χ0n) is 11.4. The minimum absolute atomic E-state index is 0.595. The molecule has 2 N–H and O–H groups in total. The van der Waals surface area contributed by atoms with Crippen LogP contribution in [0.15, 0.2) is 5.16 Å². The summed E-state index contributed by atoms with van der Waals surface area (Å²) < 4.78 is 0. The largest absolute Gasteiger partial charge is 0.383 e. The molecule has 1 atom stereocenters. The highest BCUT2D eigenvalue weighted by Gasteiger charge is 2.24. The molecule has 2 aromatic rings. The highest BCUT2D eigenvalue weighted by atomic mass is 32.2. The van der Waals surface area contributed by atoms with Gasteiger partial charge in [0.2, 0.25) is 0 Å². The minimum Gasteiger partial charge on any atom is -0.383 e. The van der Waals surface area contributed by atoms with Gasteiger partial charge in [-0.2, -0.15) is 0 Å². The van der Waals surface area contributed by atoms with Gasteiger partial charge in [-0.3, -0.25) is 0 Å². The maximum Gasteiger partial charge on any atom is 0.190 e. The van der Waals surface area contributed by atoms with Crippen LogP contribution in [-0.2, 0) is 6.42 Å². The highest BCUT2D eigenvalue weighted by Crippen LogP contribution is 2.43. The van der Waals surface area contributed by atoms with Crippen molar-refractivity contribution in [1.82, 2.24) is 9.97 Å². The molecule has 0 fully saturated rings. The first-order chi connectivity index (χ1) is 9.20. The highest BCUT2D eigenvalue weighted by molar-refractivity contribution is 7.99. The fourth-order valence-corrected chi connectivity index (χ4v) is 4.86. The van der Waals surface area contributed by atoms with Gasteiger partial charge in [-0.1, -0.05) is 25.6 Å². The number of thioether (sulfide) groups is 1. The lowest BCUT2D eigenvalue weighted by molar-refractivity contribution is 0.602. The SMILES string of the molecule is CCCSc1nc(N)c2c3c(sc2n1)CCC[C@@H]3C. The van der Waals surface area contributed by atoms with Gasteiger partial charge in [0.15, 0.2) is 5.16 Å². The number of fused-ring (bicyclic) bond motifs is 3. The molecule has 0 spiro atoms. The Bertz CT molecular complexity index is 606. The number of nitrogens with zero attached hydrogens (tertiary/aromatic N) is 2. The summed E-state index contributed by atoms with van der Waals surface area (Å²) in [7, 11) is 0. The molecular weight excluding hydrogens is 274 g/mol. The Hall–Kier alpha value is -0.810. The molecule has 1 aliphatic rings. The zero-order valence-corrected chi connectivity index (χ0v) is 13.0. The fourth-order valence-electron chi connectivity index (χ4n) is 2.75. The molecular formula is C14H19N3S2. The third kappa shape index (κ3) is 2.34. The summed E-state index contributed by atoms with van der Waals surface area (Å²) in [6.45, 7) is 4.46. The average Bonchev–Trinajstić information content (AvgIpc) is 2.76.